The Bertz CT molecular complexity index is 976. The molecule has 0 aliphatic carbocycles. The van der Waals surface area contributed by atoms with Crippen LogP contribution in [0.2, 0.25) is 0 Å². The summed E-state index contributed by atoms with van der Waals surface area (Å²) in [5.74, 6) is 2.83. The molecule has 2 aromatic rings. The van der Waals surface area contributed by atoms with Gasteiger partial charge < -0.3 is 20.9 Å². The standard InChI is InChI=1S/C24H29N5O2/c1-5-18-9-8-12-21(16-18)28-22(30)17-27-24(25-6-2)26-14-13-19-10-7-11-20(15-19)23(31)29(3)4/h1,7-12,15-16H,6,13-14,17H2,2-4H3,(H,28,30)(H2,25,26,27). The molecule has 0 radical (unpaired) electrons. The van der Waals surface area contributed by atoms with Gasteiger partial charge in [0, 0.05) is 44.0 Å². The molecule has 2 rings (SSSR count). The van der Waals surface area contributed by atoms with Crippen LogP contribution in [-0.4, -0.2) is 56.4 Å². The molecule has 31 heavy (non-hydrogen) atoms. The second kappa shape index (κ2) is 12.0. The summed E-state index contributed by atoms with van der Waals surface area (Å²) >= 11 is 0. The van der Waals surface area contributed by atoms with Crippen molar-refractivity contribution in [1.82, 2.24) is 15.5 Å². The van der Waals surface area contributed by atoms with Gasteiger partial charge in [-0.05, 0) is 49.2 Å². The van der Waals surface area contributed by atoms with Gasteiger partial charge in [0.15, 0.2) is 5.96 Å². The van der Waals surface area contributed by atoms with Gasteiger partial charge in [0.2, 0.25) is 5.91 Å². The Labute approximate surface area is 183 Å². The molecular formula is C24H29N5O2. The predicted molar refractivity (Wildman–Crippen MR) is 125 cm³/mol. The Morgan fingerprint density at radius 3 is 2.58 bits per heavy atom. The van der Waals surface area contributed by atoms with Gasteiger partial charge in [-0.2, -0.15) is 0 Å². The lowest BCUT2D eigenvalue weighted by Gasteiger charge is -2.13. The molecule has 0 atom stereocenters. The molecule has 7 nitrogen and oxygen atoms in total. The second-order valence-electron chi connectivity index (χ2n) is 7.05. The number of anilines is 1. The highest BCUT2D eigenvalue weighted by Crippen LogP contribution is 2.09. The zero-order valence-corrected chi connectivity index (χ0v) is 18.2. The van der Waals surface area contributed by atoms with Crippen molar-refractivity contribution in [3.63, 3.8) is 0 Å². The fourth-order valence-corrected chi connectivity index (χ4v) is 2.82. The van der Waals surface area contributed by atoms with Crippen molar-refractivity contribution in [2.24, 2.45) is 4.99 Å². The molecule has 0 bridgehead atoms. The summed E-state index contributed by atoms with van der Waals surface area (Å²) in [4.78, 5) is 30.2. The van der Waals surface area contributed by atoms with Crippen LogP contribution in [0.1, 0.15) is 28.4 Å². The van der Waals surface area contributed by atoms with Crippen molar-refractivity contribution in [3.05, 3.63) is 65.2 Å². The number of guanidine groups is 1. The number of rotatable bonds is 8. The maximum absolute atomic E-state index is 12.2. The van der Waals surface area contributed by atoms with Crippen molar-refractivity contribution in [3.8, 4) is 12.3 Å². The SMILES string of the molecule is C#Cc1cccc(NC(=O)CN=C(NCC)NCCc2cccc(C(=O)N(C)C)c2)c1. The zero-order chi connectivity index (χ0) is 22.6. The number of nitrogens with one attached hydrogen (secondary N) is 3. The summed E-state index contributed by atoms with van der Waals surface area (Å²) in [5.41, 5.74) is 3.05. The van der Waals surface area contributed by atoms with Crippen LogP contribution in [0.5, 0.6) is 0 Å². The molecule has 0 aliphatic heterocycles. The van der Waals surface area contributed by atoms with Crippen molar-refractivity contribution >= 4 is 23.5 Å². The Kier molecular flexibility index (Phi) is 9.12. The minimum atomic E-state index is -0.235. The van der Waals surface area contributed by atoms with Crippen LogP contribution >= 0.6 is 0 Å². The van der Waals surface area contributed by atoms with Gasteiger partial charge in [-0.1, -0.05) is 24.1 Å². The maximum Gasteiger partial charge on any atom is 0.253 e. The van der Waals surface area contributed by atoms with Gasteiger partial charge in [-0.25, -0.2) is 4.99 Å². The third-order valence-corrected chi connectivity index (χ3v) is 4.32. The monoisotopic (exact) mass is 419 g/mol. The number of aliphatic imine (C=N–C) groups is 1. The van der Waals surface area contributed by atoms with E-state index in [2.05, 4.69) is 26.9 Å². The number of terminal acetylenes is 1. The smallest absolute Gasteiger partial charge is 0.253 e. The Balaban J connectivity index is 1.90. The lowest BCUT2D eigenvalue weighted by atomic mass is 10.1. The molecular weight excluding hydrogens is 390 g/mol. The third kappa shape index (κ3) is 7.86. The zero-order valence-electron chi connectivity index (χ0n) is 18.2. The fourth-order valence-electron chi connectivity index (χ4n) is 2.82. The van der Waals surface area contributed by atoms with Crippen LogP contribution in [0, 0.1) is 12.3 Å². The van der Waals surface area contributed by atoms with E-state index >= 15 is 0 Å². The molecule has 0 fully saturated rings. The summed E-state index contributed by atoms with van der Waals surface area (Å²) in [6, 6.07) is 14.7. The molecule has 7 heteroatoms. The summed E-state index contributed by atoms with van der Waals surface area (Å²) in [7, 11) is 3.47. The lowest BCUT2D eigenvalue weighted by Crippen LogP contribution is -2.39. The predicted octanol–water partition coefficient (Wildman–Crippen LogP) is 2.11. The first-order valence-corrected chi connectivity index (χ1v) is 10.1. The van der Waals surface area contributed by atoms with Crippen molar-refractivity contribution in [2.75, 3.05) is 39.0 Å². The Morgan fingerprint density at radius 1 is 1.10 bits per heavy atom. The number of hydrogen-bond acceptors (Lipinski definition) is 3. The molecule has 0 unspecified atom stereocenters. The topological polar surface area (TPSA) is 85.8 Å². The van der Waals surface area contributed by atoms with Gasteiger partial charge in [0.25, 0.3) is 5.91 Å². The number of carbonyl (C=O) groups is 2. The molecule has 0 spiro atoms. The first kappa shape index (κ1) is 23.5. The third-order valence-electron chi connectivity index (χ3n) is 4.32. The number of benzene rings is 2. The highest BCUT2D eigenvalue weighted by Gasteiger charge is 2.08. The van der Waals surface area contributed by atoms with E-state index in [1.807, 2.05) is 31.2 Å². The molecule has 2 amide bonds. The molecule has 162 valence electrons. The van der Waals surface area contributed by atoms with Crippen molar-refractivity contribution in [1.29, 1.82) is 0 Å². The van der Waals surface area contributed by atoms with E-state index in [0.717, 1.165) is 5.56 Å². The van der Waals surface area contributed by atoms with E-state index in [1.54, 1.807) is 43.3 Å². The molecule has 2 aromatic carbocycles. The van der Waals surface area contributed by atoms with Crippen LogP contribution in [0.15, 0.2) is 53.5 Å². The first-order valence-electron chi connectivity index (χ1n) is 10.1. The normalized spacial score (nSPS) is 10.7. The summed E-state index contributed by atoms with van der Waals surface area (Å²) < 4.78 is 0. The molecule has 0 heterocycles. The van der Waals surface area contributed by atoms with E-state index in [-0.39, 0.29) is 18.4 Å². The minimum Gasteiger partial charge on any atom is -0.357 e. The Hall–Kier alpha value is -3.79. The van der Waals surface area contributed by atoms with Gasteiger partial charge in [0.1, 0.15) is 6.54 Å². The summed E-state index contributed by atoms with van der Waals surface area (Å²) in [5, 5.41) is 9.13. The highest BCUT2D eigenvalue weighted by atomic mass is 16.2. The van der Waals surface area contributed by atoms with Crippen LogP contribution in [0.25, 0.3) is 0 Å². The van der Waals surface area contributed by atoms with Crippen LogP contribution < -0.4 is 16.0 Å². The maximum atomic E-state index is 12.2. The number of hydrogen-bond donors (Lipinski definition) is 3. The molecule has 0 aromatic heterocycles. The number of amides is 2. The highest BCUT2D eigenvalue weighted by molar-refractivity contribution is 5.94. The van der Waals surface area contributed by atoms with E-state index in [4.69, 9.17) is 6.42 Å². The average Bonchev–Trinajstić information content (AvgIpc) is 2.77. The lowest BCUT2D eigenvalue weighted by molar-refractivity contribution is -0.114. The molecule has 3 N–H and O–H groups in total. The average molecular weight is 420 g/mol. The largest absolute Gasteiger partial charge is 0.357 e. The number of carbonyl (C=O) groups excluding carboxylic acids is 2. The van der Waals surface area contributed by atoms with E-state index < -0.39 is 0 Å². The molecule has 0 aliphatic rings. The van der Waals surface area contributed by atoms with Crippen LogP contribution in [0.3, 0.4) is 0 Å². The van der Waals surface area contributed by atoms with Gasteiger partial charge in [-0.15, -0.1) is 6.42 Å². The minimum absolute atomic E-state index is 0.0245. The second-order valence-corrected chi connectivity index (χ2v) is 7.05. The van der Waals surface area contributed by atoms with Crippen molar-refractivity contribution in [2.45, 2.75) is 13.3 Å². The quantitative estimate of drug-likeness (QED) is 0.348. The van der Waals surface area contributed by atoms with Crippen LogP contribution in [-0.2, 0) is 11.2 Å². The fraction of sp³-hybridized carbons (Fsp3) is 0.292. The molecule has 0 saturated heterocycles. The van der Waals surface area contributed by atoms with Gasteiger partial charge >= 0.3 is 0 Å². The number of nitrogens with zero attached hydrogens (tertiary/aromatic N) is 2. The summed E-state index contributed by atoms with van der Waals surface area (Å²) in [6.07, 6.45) is 6.10. The first-order chi connectivity index (χ1) is 14.9. The van der Waals surface area contributed by atoms with Gasteiger partial charge in [-0.3, -0.25) is 9.59 Å². The summed E-state index contributed by atoms with van der Waals surface area (Å²) in [6.45, 7) is 3.21. The van der Waals surface area contributed by atoms with E-state index in [1.165, 1.54) is 0 Å². The Morgan fingerprint density at radius 2 is 1.87 bits per heavy atom. The van der Waals surface area contributed by atoms with E-state index in [0.29, 0.717) is 42.3 Å². The van der Waals surface area contributed by atoms with E-state index in [9.17, 15) is 9.59 Å². The molecule has 0 saturated carbocycles. The van der Waals surface area contributed by atoms with Crippen molar-refractivity contribution < 1.29 is 9.59 Å². The van der Waals surface area contributed by atoms with Crippen LogP contribution in [0.4, 0.5) is 5.69 Å². The van der Waals surface area contributed by atoms with Gasteiger partial charge in [0.05, 0.1) is 0 Å².